The minimum absolute atomic E-state index is 0. The topological polar surface area (TPSA) is 68.0 Å². The third-order valence-corrected chi connectivity index (χ3v) is 12.5. The number of ketones is 1. The maximum absolute atomic E-state index is 13.2. The Morgan fingerprint density at radius 2 is 1.34 bits per heavy atom. The van der Waals surface area contributed by atoms with Crippen LogP contribution >= 0.6 is 0 Å². The number of rotatable bonds is 11. The van der Waals surface area contributed by atoms with Gasteiger partial charge in [0.05, 0.1) is 16.6 Å². The first kappa shape index (κ1) is 46.4. The number of alkyl halides is 6. The van der Waals surface area contributed by atoms with Crippen LogP contribution in [0.3, 0.4) is 0 Å². The summed E-state index contributed by atoms with van der Waals surface area (Å²) in [7, 11) is -1.25. The van der Waals surface area contributed by atoms with E-state index in [-0.39, 0.29) is 26.2 Å². The number of allylic oxidation sites excluding steroid dienone is 2. The van der Waals surface area contributed by atoms with Crippen molar-refractivity contribution in [2.24, 2.45) is 10.8 Å². The van der Waals surface area contributed by atoms with E-state index in [1.807, 2.05) is 0 Å². The van der Waals surface area contributed by atoms with Crippen LogP contribution in [-0.2, 0) is 30.9 Å². The number of aromatic nitrogens is 3. The Kier molecular flexibility index (Phi) is 14.3. The standard InChI is InChI=1S/C30H26N3Si.C15H22F6O2.Ir/c1-34(2,3)19-21-13-16-26-27(17-21)33(25-11-5-4-6-12-25)30-28(31-20-32-29(26)30)24-15-14-22-9-7-8-10-23(22)18-24;1-5-12(6-2,14(16,17)18)10(22)9-11(23)13(7-3,8-4)15(19,20)21;/h4-14,16-18,20H,19H2,1-3H3;9,22H,5-8H2,1-4H3;/q-1;;/b;10-9-;. The minimum atomic E-state index is -4.91. The number of hydrogen-bond donors (Lipinski definition) is 1. The van der Waals surface area contributed by atoms with Crippen LogP contribution in [-0.4, -0.2) is 45.9 Å². The van der Waals surface area contributed by atoms with Gasteiger partial charge in [0.25, 0.3) is 0 Å². The summed E-state index contributed by atoms with van der Waals surface area (Å²) in [6.45, 7) is 11.8. The fourth-order valence-electron chi connectivity index (χ4n) is 7.60. The molecule has 13 heteroatoms. The van der Waals surface area contributed by atoms with Crippen LogP contribution in [0.5, 0.6) is 0 Å². The van der Waals surface area contributed by atoms with Gasteiger partial charge in [-0.3, -0.25) is 9.78 Å². The Balaban J connectivity index is 0.000000275. The second-order valence-corrected chi connectivity index (χ2v) is 21.1. The first-order valence-electron chi connectivity index (χ1n) is 19.1. The van der Waals surface area contributed by atoms with Crippen molar-refractivity contribution >= 4 is 46.6 Å². The van der Waals surface area contributed by atoms with Crippen molar-refractivity contribution in [3.63, 3.8) is 0 Å². The number of aliphatic hydroxyl groups is 1. The molecule has 0 bridgehead atoms. The predicted molar refractivity (Wildman–Crippen MR) is 219 cm³/mol. The monoisotopic (exact) mass is 997 g/mol. The summed E-state index contributed by atoms with van der Waals surface area (Å²) in [5, 5.41) is 13.4. The van der Waals surface area contributed by atoms with Crippen molar-refractivity contribution in [3.8, 4) is 16.9 Å². The number of para-hydroxylation sites is 1. The van der Waals surface area contributed by atoms with E-state index in [2.05, 4.69) is 115 Å². The van der Waals surface area contributed by atoms with Crippen molar-refractivity contribution in [2.75, 3.05) is 0 Å². The average molecular weight is 997 g/mol. The molecule has 0 amide bonds. The average Bonchev–Trinajstić information content (AvgIpc) is 3.48. The molecule has 2 heterocycles. The van der Waals surface area contributed by atoms with Crippen LogP contribution in [0.2, 0.25) is 19.6 Å². The number of carbonyl (C=O) groups excluding carboxylic acids is 1. The van der Waals surface area contributed by atoms with Gasteiger partial charge in [-0.2, -0.15) is 26.3 Å². The maximum Gasteiger partial charge on any atom is 0.401 e. The fraction of sp³-hybridized carbons (Fsp3) is 0.356. The van der Waals surface area contributed by atoms with Gasteiger partial charge in [0.15, 0.2) is 5.78 Å². The molecule has 0 fully saturated rings. The summed E-state index contributed by atoms with van der Waals surface area (Å²) in [4.78, 5) is 21.6. The van der Waals surface area contributed by atoms with Gasteiger partial charge in [0.2, 0.25) is 0 Å². The molecule has 311 valence electrons. The van der Waals surface area contributed by atoms with Gasteiger partial charge >= 0.3 is 12.4 Å². The molecule has 58 heavy (non-hydrogen) atoms. The van der Waals surface area contributed by atoms with Crippen molar-refractivity contribution in [3.05, 3.63) is 115 Å². The molecule has 0 saturated carbocycles. The van der Waals surface area contributed by atoms with Crippen LogP contribution < -0.4 is 0 Å². The van der Waals surface area contributed by atoms with Gasteiger partial charge in [-0.25, -0.2) is 4.98 Å². The molecule has 5 nitrogen and oxygen atoms in total. The normalized spacial score (nSPS) is 13.0. The second kappa shape index (κ2) is 17.9. The van der Waals surface area contributed by atoms with E-state index in [1.54, 1.807) is 6.33 Å². The van der Waals surface area contributed by atoms with Crippen molar-refractivity contribution in [1.29, 1.82) is 0 Å². The van der Waals surface area contributed by atoms with Crippen molar-refractivity contribution < 1.29 is 56.3 Å². The van der Waals surface area contributed by atoms with Gasteiger partial charge in [0.1, 0.15) is 22.9 Å². The second-order valence-electron chi connectivity index (χ2n) is 15.6. The summed E-state index contributed by atoms with van der Waals surface area (Å²) in [6, 6.07) is 34.7. The zero-order valence-electron chi connectivity index (χ0n) is 33.6. The Morgan fingerprint density at radius 3 is 1.90 bits per heavy atom. The molecule has 6 aromatic rings. The largest absolute Gasteiger partial charge is 0.511 e. The quantitative estimate of drug-likeness (QED) is 0.0462. The molecule has 4 aromatic carbocycles. The Hall–Kier alpha value is -4.32. The molecular formula is C45H48F6IrN3O2Si-. The molecule has 0 aliphatic heterocycles. The molecule has 0 aliphatic carbocycles. The van der Waals surface area contributed by atoms with E-state index < -0.39 is 68.5 Å². The van der Waals surface area contributed by atoms with Crippen LogP contribution in [0.1, 0.15) is 58.9 Å². The van der Waals surface area contributed by atoms with Crippen LogP contribution in [0.4, 0.5) is 26.3 Å². The Bertz CT molecular complexity index is 2390. The van der Waals surface area contributed by atoms with Gasteiger partial charge in [0, 0.05) is 51.0 Å². The maximum atomic E-state index is 13.2. The molecule has 6 rings (SSSR count). The summed E-state index contributed by atoms with van der Waals surface area (Å²) in [5.74, 6) is -2.92. The number of nitrogens with zero attached hydrogens (tertiary/aromatic N) is 3. The van der Waals surface area contributed by atoms with Crippen LogP contribution in [0, 0.1) is 16.9 Å². The number of benzene rings is 4. The molecule has 2 aromatic heterocycles. The smallest absolute Gasteiger partial charge is 0.401 e. The Labute approximate surface area is 350 Å². The van der Waals surface area contributed by atoms with E-state index in [0.29, 0.717) is 0 Å². The molecule has 0 atom stereocenters. The first-order chi connectivity index (χ1) is 26.8. The van der Waals surface area contributed by atoms with Crippen molar-refractivity contribution in [1.82, 2.24) is 14.5 Å². The zero-order valence-corrected chi connectivity index (χ0v) is 37.0. The van der Waals surface area contributed by atoms with Gasteiger partial charge < -0.3 is 9.67 Å². The molecule has 0 aliphatic rings. The third-order valence-electron chi connectivity index (χ3n) is 11.0. The van der Waals surface area contributed by atoms with E-state index >= 15 is 0 Å². The zero-order chi connectivity index (χ0) is 42.0. The van der Waals surface area contributed by atoms with Crippen LogP contribution in [0.15, 0.2) is 103 Å². The summed E-state index contributed by atoms with van der Waals surface area (Å²) < 4.78 is 81.7. The summed E-state index contributed by atoms with van der Waals surface area (Å²) in [6.07, 6.45) is -10.4. The molecule has 1 N–H and O–H groups in total. The predicted octanol–water partition coefficient (Wildman–Crippen LogP) is 13.3. The number of fused-ring (bicyclic) bond motifs is 4. The molecular weight excluding hydrogens is 949 g/mol. The fourth-order valence-corrected chi connectivity index (χ4v) is 9.04. The summed E-state index contributed by atoms with van der Waals surface area (Å²) >= 11 is 0. The molecule has 1 radical (unpaired) electrons. The minimum Gasteiger partial charge on any atom is -0.511 e. The number of carbonyl (C=O) groups is 1. The SMILES string of the molecule is CCC(CC)(C(=O)/C=C(\O)C(CC)(CC)C(F)(F)F)C(F)(F)F.C[Si](C)(C)Cc1ccc2c3ncnc(-c4[c-]cc5ccccc5c4)c3n(-c3ccccc3)c2c1.[Ir]. The Morgan fingerprint density at radius 1 is 0.776 bits per heavy atom. The van der Waals surface area contributed by atoms with Gasteiger partial charge in [-0.15, -0.1) is 29.1 Å². The van der Waals surface area contributed by atoms with Crippen LogP contribution in [0.25, 0.3) is 49.7 Å². The van der Waals surface area contributed by atoms with E-state index in [0.717, 1.165) is 67.1 Å². The third kappa shape index (κ3) is 8.96. The van der Waals surface area contributed by atoms with Gasteiger partial charge in [-0.05, 0) is 55.5 Å². The number of halogens is 6. The molecule has 0 spiro atoms. The van der Waals surface area contributed by atoms with E-state index in [1.165, 1.54) is 21.9 Å². The number of hydrogen-bond acceptors (Lipinski definition) is 4. The van der Waals surface area contributed by atoms with Crippen molar-refractivity contribution in [2.45, 2.75) is 91.4 Å². The number of aliphatic hydroxyl groups excluding tert-OH is 1. The summed E-state index contributed by atoms with van der Waals surface area (Å²) in [5.41, 5.74) is 2.06. The molecule has 0 saturated heterocycles. The van der Waals surface area contributed by atoms with E-state index in [4.69, 9.17) is 9.97 Å². The van der Waals surface area contributed by atoms with Gasteiger partial charge in [-0.1, -0.05) is 107 Å². The van der Waals surface area contributed by atoms with E-state index in [9.17, 15) is 36.2 Å². The molecule has 0 unspecified atom stereocenters. The first-order valence-corrected chi connectivity index (χ1v) is 22.8.